The van der Waals surface area contributed by atoms with Crippen molar-refractivity contribution in [3.05, 3.63) is 64.8 Å². The Morgan fingerprint density at radius 3 is 2.24 bits per heavy atom. The maximum Gasteiger partial charge on any atom is 0.408 e. The van der Waals surface area contributed by atoms with Gasteiger partial charge in [-0.25, -0.2) is 31.8 Å². The zero-order valence-electron chi connectivity index (χ0n) is 25.5. The molecule has 0 fully saturated rings. The molecule has 12 nitrogen and oxygen atoms in total. The lowest BCUT2D eigenvalue weighted by Gasteiger charge is -2.24. The van der Waals surface area contributed by atoms with Crippen molar-refractivity contribution in [3.8, 4) is 5.75 Å². The van der Waals surface area contributed by atoms with E-state index in [1.165, 1.54) is 12.6 Å². The van der Waals surface area contributed by atoms with Gasteiger partial charge in [0, 0.05) is 0 Å². The van der Waals surface area contributed by atoms with E-state index in [0.29, 0.717) is 23.4 Å². The number of carbonyl (C=O) groups excluding carboxylic acids is 3. The number of amides is 2. The van der Waals surface area contributed by atoms with Gasteiger partial charge in [0.2, 0.25) is 5.91 Å². The van der Waals surface area contributed by atoms with E-state index in [1.54, 1.807) is 45.0 Å². The lowest BCUT2D eigenvalue weighted by molar-refractivity contribution is -0.115. The maximum atomic E-state index is 15.2. The molecule has 0 radical (unpaired) electrons. The molecule has 0 unspecified atom stereocenters. The van der Waals surface area contributed by atoms with Crippen molar-refractivity contribution >= 4 is 50.0 Å². The molecule has 0 spiro atoms. The minimum absolute atomic E-state index is 0.00628. The number of alkyl carbamates (subject to hydrolysis) is 1. The average Bonchev–Trinajstić information content (AvgIpc) is 3.44. The Balaban J connectivity index is 1.95. The summed E-state index contributed by atoms with van der Waals surface area (Å²) in [5, 5.41) is 4.00. The molecular formula is C29H34F2N4O8S2. The number of sulfonamides is 1. The highest BCUT2D eigenvalue weighted by Gasteiger charge is 2.33. The SMILES string of the molecule is COc1ccc(CN(c2scnc2C(=O)OCC(C)C)S(=O)(=O)c2cc(F)c(NC(=O)CNC(=O)OC(C)(C)C)c(F)c2)cc1. The minimum atomic E-state index is -4.76. The third-order valence-corrected chi connectivity index (χ3v) is 8.35. The fourth-order valence-corrected chi connectivity index (χ4v) is 6.12. The van der Waals surface area contributed by atoms with Gasteiger partial charge in [-0.1, -0.05) is 26.0 Å². The predicted octanol–water partition coefficient (Wildman–Crippen LogP) is 5.10. The Kier molecular flexibility index (Phi) is 11.4. The molecule has 3 aromatic rings. The third-order valence-electron chi connectivity index (χ3n) is 5.66. The van der Waals surface area contributed by atoms with E-state index in [1.807, 2.05) is 19.2 Å². The number of ether oxygens (including phenoxy) is 3. The summed E-state index contributed by atoms with van der Waals surface area (Å²) < 4.78 is 74.5. The van der Waals surface area contributed by atoms with Gasteiger partial charge in [-0.3, -0.25) is 9.10 Å². The van der Waals surface area contributed by atoms with Gasteiger partial charge >= 0.3 is 12.1 Å². The van der Waals surface area contributed by atoms with Crippen LogP contribution in [0.25, 0.3) is 0 Å². The maximum absolute atomic E-state index is 15.2. The van der Waals surface area contributed by atoms with Crippen LogP contribution in [-0.2, 0) is 30.8 Å². The number of nitrogens with one attached hydrogen (secondary N) is 2. The molecule has 45 heavy (non-hydrogen) atoms. The van der Waals surface area contributed by atoms with Crippen LogP contribution in [0, 0.1) is 17.6 Å². The molecule has 0 aliphatic rings. The number of thiazole rings is 1. The summed E-state index contributed by atoms with van der Waals surface area (Å²) in [5.74, 6) is -4.16. The van der Waals surface area contributed by atoms with Crippen molar-refractivity contribution < 1.29 is 45.8 Å². The highest BCUT2D eigenvalue weighted by Crippen LogP contribution is 2.34. The summed E-state index contributed by atoms with van der Waals surface area (Å²) in [6.07, 6.45) is -0.924. The van der Waals surface area contributed by atoms with Crippen molar-refractivity contribution in [3.63, 3.8) is 0 Å². The van der Waals surface area contributed by atoms with E-state index < -0.39 is 62.4 Å². The fourth-order valence-electron chi connectivity index (χ4n) is 3.63. The van der Waals surface area contributed by atoms with Gasteiger partial charge in [0.25, 0.3) is 10.0 Å². The van der Waals surface area contributed by atoms with Crippen LogP contribution in [0.1, 0.15) is 50.7 Å². The van der Waals surface area contributed by atoms with Crippen molar-refractivity contribution in [1.82, 2.24) is 10.3 Å². The minimum Gasteiger partial charge on any atom is -0.497 e. The van der Waals surface area contributed by atoms with Gasteiger partial charge < -0.3 is 24.8 Å². The normalized spacial score (nSPS) is 11.6. The second-order valence-corrected chi connectivity index (χ2v) is 13.7. The molecule has 244 valence electrons. The Labute approximate surface area is 263 Å². The molecule has 0 bridgehead atoms. The molecular weight excluding hydrogens is 634 g/mol. The quantitative estimate of drug-likeness (QED) is 0.251. The van der Waals surface area contributed by atoms with Gasteiger partial charge in [-0.15, -0.1) is 11.3 Å². The van der Waals surface area contributed by atoms with Gasteiger partial charge in [0.05, 0.1) is 30.7 Å². The Morgan fingerprint density at radius 1 is 1.07 bits per heavy atom. The summed E-state index contributed by atoms with van der Waals surface area (Å²) in [6.45, 7) is 7.50. The second kappa shape index (κ2) is 14.6. The van der Waals surface area contributed by atoms with Crippen molar-refractivity contribution in [2.75, 3.05) is 29.9 Å². The summed E-state index contributed by atoms with van der Waals surface area (Å²) in [5.41, 5.74) is -0.349. The zero-order valence-corrected chi connectivity index (χ0v) is 27.1. The summed E-state index contributed by atoms with van der Waals surface area (Å²) in [6, 6.07) is 7.44. The first kappa shape index (κ1) is 35.2. The molecule has 1 heterocycles. The molecule has 3 rings (SSSR count). The topological polar surface area (TPSA) is 153 Å². The first-order valence-electron chi connectivity index (χ1n) is 13.5. The first-order chi connectivity index (χ1) is 21.0. The Hall–Kier alpha value is -4.31. The number of esters is 1. The van der Waals surface area contributed by atoms with Crippen molar-refractivity contribution in [2.45, 2.75) is 51.7 Å². The number of rotatable bonds is 12. The van der Waals surface area contributed by atoms with Crippen molar-refractivity contribution in [2.24, 2.45) is 5.92 Å². The number of hydrogen-bond donors (Lipinski definition) is 2. The molecule has 1 aromatic heterocycles. The average molecular weight is 669 g/mol. The van der Waals surface area contributed by atoms with E-state index in [9.17, 15) is 22.8 Å². The molecule has 0 aliphatic carbocycles. The Bertz CT molecular complexity index is 1620. The number of halogens is 2. The molecule has 2 amide bonds. The van der Waals surface area contributed by atoms with E-state index >= 15 is 8.78 Å². The van der Waals surface area contributed by atoms with Crippen LogP contribution < -0.4 is 19.7 Å². The van der Waals surface area contributed by atoms with Crippen LogP contribution in [0.15, 0.2) is 46.8 Å². The predicted molar refractivity (Wildman–Crippen MR) is 163 cm³/mol. The molecule has 0 saturated carbocycles. The summed E-state index contributed by atoms with van der Waals surface area (Å²) in [4.78, 5) is 40.1. The summed E-state index contributed by atoms with van der Waals surface area (Å²) in [7, 11) is -3.29. The van der Waals surface area contributed by atoms with Crippen molar-refractivity contribution in [1.29, 1.82) is 0 Å². The first-order valence-corrected chi connectivity index (χ1v) is 15.9. The van der Waals surface area contributed by atoms with Crippen LogP contribution in [0.3, 0.4) is 0 Å². The fraction of sp³-hybridized carbons (Fsp3) is 0.379. The standard InChI is InChI=1S/C29H34F2N4O8S2/c1-17(2)15-42-27(37)25-26(44-16-33-25)35(14-18-7-9-19(41-6)10-8-18)45(39,40)20-11-21(30)24(22(31)12-20)34-23(36)13-32-28(38)43-29(3,4)5/h7-12,16-17H,13-15H2,1-6H3,(H,32,38)(H,34,36). The highest BCUT2D eigenvalue weighted by atomic mass is 32.2. The lowest BCUT2D eigenvalue weighted by Crippen LogP contribution is -2.37. The number of hydrogen-bond acceptors (Lipinski definition) is 10. The largest absolute Gasteiger partial charge is 0.497 e. The van der Waals surface area contributed by atoms with E-state index in [0.717, 1.165) is 15.6 Å². The van der Waals surface area contributed by atoms with Crippen LogP contribution >= 0.6 is 11.3 Å². The highest BCUT2D eigenvalue weighted by molar-refractivity contribution is 7.93. The van der Waals surface area contributed by atoms with Gasteiger partial charge in [-0.05, 0) is 56.5 Å². The number of aromatic nitrogens is 1. The number of nitrogens with zero attached hydrogens (tertiary/aromatic N) is 2. The monoisotopic (exact) mass is 668 g/mol. The number of carbonyl (C=O) groups is 3. The third kappa shape index (κ3) is 9.59. The number of anilines is 2. The van der Waals surface area contributed by atoms with Crippen LogP contribution in [0.4, 0.5) is 24.3 Å². The van der Waals surface area contributed by atoms with Gasteiger partial charge in [0.1, 0.15) is 28.6 Å². The molecule has 0 saturated heterocycles. The lowest BCUT2D eigenvalue weighted by atomic mass is 10.2. The molecule has 0 atom stereocenters. The molecule has 2 N–H and O–H groups in total. The van der Waals surface area contributed by atoms with Crippen LogP contribution in [-0.4, -0.2) is 57.2 Å². The van der Waals surface area contributed by atoms with Gasteiger partial charge in [-0.2, -0.15) is 0 Å². The van der Waals surface area contributed by atoms with E-state index in [2.05, 4.69) is 10.3 Å². The molecule has 0 aliphatic heterocycles. The van der Waals surface area contributed by atoms with Crippen LogP contribution in [0.2, 0.25) is 0 Å². The second-order valence-electron chi connectivity index (χ2n) is 11.0. The number of methoxy groups -OCH3 is 1. The molecule has 2 aromatic carbocycles. The smallest absolute Gasteiger partial charge is 0.408 e. The van der Waals surface area contributed by atoms with Crippen LogP contribution in [0.5, 0.6) is 5.75 Å². The Morgan fingerprint density at radius 2 is 1.69 bits per heavy atom. The van der Waals surface area contributed by atoms with E-state index in [-0.39, 0.29) is 29.8 Å². The van der Waals surface area contributed by atoms with Gasteiger partial charge in [0.15, 0.2) is 17.3 Å². The summed E-state index contributed by atoms with van der Waals surface area (Å²) >= 11 is 0.821. The zero-order chi connectivity index (χ0) is 33.5. The van der Waals surface area contributed by atoms with E-state index in [4.69, 9.17) is 14.2 Å². The number of benzene rings is 2. The molecule has 16 heteroatoms.